The van der Waals surface area contributed by atoms with Crippen LogP contribution in [0.5, 0.6) is 0 Å². The lowest BCUT2D eigenvalue weighted by Crippen LogP contribution is -2.26. The van der Waals surface area contributed by atoms with E-state index in [9.17, 15) is 19.1 Å². The van der Waals surface area contributed by atoms with E-state index in [1.54, 1.807) is 24.3 Å². The maximum Gasteiger partial charge on any atom is 0.336 e. The molecule has 0 radical (unpaired) electrons. The lowest BCUT2D eigenvalue weighted by Gasteiger charge is -2.09. The molecular weight excluding hydrogens is 395 g/mol. The van der Waals surface area contributed by atoms with Crippen molar-refractivity contribution in [3.63, 3.8) is 0 Å². The number of hydrogen-bond acceptors (Lipinski definition) is 2. The monoisotopic (exact) mass is 424 g/mol. The summed E-state index contributed by atoms with van der Waals surface area (Å²) < 4.78 is 17.8. The van der Waals surface area contributed by atoms with Crippen LogP contribution in [0.15, 0.2) is 53.3 Å². The molecule has 3 rings (SSSR count). The molecular formula is C25H29FN2O3. The van der Waals surface area contributed by atoms with Crippen LogP contribution in [0.2, 0.25) is 0 Å². The lowest BCUT2D eigenvalue weighted by molar-refractivity contribution is 0.0697. The van der Waals surface area contributed by atoms with Crippen molar-refractivity contribution in [1.29, 1.82) is 0 Å². The van der Waals surface area contributed by atoms with Crippen LogP contribution < -0.4 is 5.69 Å². The zero-order valence-electron chi connectivity index (χ0n) is 18.3. The molecule has 1 aromatic heterocycles. The van der Waals surface area contributed by atoms with Gasteiger partial charge in [-0.15, -0.1) is 0 Å². The second-order valence-electron chi connectivity index (χ2n) is 8.24. The van der Waals surface area contributed by atoms with E-state index in [1.165, 1.54) is 9.13 Å². The molecule has 0 aliphatic heterocycles. The van der Waals surface area contributed by atoms with Crippen molar-refractivity contribution in [2.24, 2.45) is 5.92 Å². The van der Waals surface area contributed by atoms with Crippen molar-refractivity contribution >= 4 is 5.97 Å². The summed E-state index contributed by atoms with van der Waals surface area (Å²) in [5.74, 6) is -1.03. The molecule has 0 amide bonds. The first kappa shape index (κ1) is 22.5. The fraction of sp³-hybridized carbons (Fsp3) is 0.360. The molecule has 2 aromatic carbocycles. The summed E-state index contributed by atoms with van der Waals surface area (Å²) >= 11 is 0. The topological polar surface area (TPSA) is 64.2 Å². The van der Waals surface area contributed by atoms with Crippen LogP contribution >= 0.6 is 0 Å². The van der Waals surface area contributed by atoms with E-state index in [-0.39, 0.29) is 17.8 Å². The zero-order valence-corrected chi connectivity index (χ0v) is 18.3. The Morgan fingerprint density at radius 3 is 2.35 bits per heavy atom. The minimum atomic E-state index is -0.978. The van der Waals surface area contributed by atoms with Gasteiger partial charge in [-0.2, -0.15) is 4.39 Å². The third-order valence-corrected chi connectivity index (χ3v) is 5.44. The number of imidazole rings is 1. The van der Waals surface area contributed by atoms with E-state index >= 15 is 0 Å². The first-order chi connectivity index (χ1) is 14.8. The van der Waals surface area contributed by atoms with Crippen molar-refractivity contribution in [3.8, 4) is 11.1 Å². The van der Waals surface area contributed by atoms with Gasteiger partial charge in [-0.05, 0) is 41.5 Å². The fourth-order valence-corrected chi connectivity index (χ4v) is 3.72. The largest absolute Gasteiger partial charge is 0.478 e. The summed E-state index contributed by atoms with van der Waals surface area (Å²) in [6, 6.07) is 14.2. The molecule has 0 aliphatic rings. The number of carbonyl (C=O) groups is 1. The second kappa shape index (κ2) is 9.77. The Balaban J connectivity index is 1.92. The highest BCUT2D eigenvalue weighted by atomic mass is 19.1. The molecule has 1 heterocycles. The minimum Gasteiger partial charge on any atom is -0.478 e. The first-order valence-electron chi connectivity index (χ1n) is 10.7. The second-order valence-corrected chi connectivity index (χ2v) is 8.24. The van der Waals surface area contributed by atoms with E-state index in [4.69, 9.17) is 0 Å². The van der Waals surface area contributed by atoms with Crippen LogP contribution in [-0.2, 0) is 19.5 Å². The number of aromatic nitrogens is 2. The predicted molar refractivity (Wildman–Crippen MR) is 120 cm³/mol. The number of aromatic carboxylic acids is 1. The smallest absolute Gasteiger partial charge is 0.336 e. The molecule has 3 aromatic rings. The van der Waals surface area contributed by atoms with Crippen LogP contribution in [0.25, 0.3) is 11.1 Å². The van der Waals surface area contributed by atoms with Gasteiger partial charge in [0, 0.05) is 6.54 Å². The van der Waals surface area contributed by atoms with Crippen molar-refractivity contribution in [2.45, 2.75) is 53.1 Å². The van der Waals surface area contributed by atoms with E-state index in [0.717, 1.165) is 24.0 Å². The quantitative estimate of drug-likeness (QED) is 0.513. The Hall–Kier alpha value is -3.15. The van der Waals surface area contributed by atoms with E-state index < -0.39 is 11.9 Å². The summed E-state index contributed by atoms with van der Waals surface area (Å²) in [6.07, 6.45) is 1.99. The molecule has 0 saturated heterocycles. The van der Waals surface area contributed by atoms with Gasteiger partial charge in [0.05, 0.1) is 17.8 Å². The van der Waals surface area contributed by atoms with Gasteiger partial charge in [-0.25, -0.2) is 9.59 Å². The predicted octanol–water partition coefficient (Wildman–Crippen LogP) is 5.20. The molecule has 0 saturated carbocycles. The third kappa shape index (κ3) is 4.95. The van der Waals surface area contributed by atoms with Crippen molar-refractivity contribution < 1.29 is 14.3 Å². The zero-order chi connectivity index (χ0) is 22.5. The molecule has 0 unspecified atom stereocenters. The normalized spacial score (nSPS) is 11.3. The summed E-state index contributed by atoms with van der Waals surface area (Å²) in [5.41, 5.74) is 2.64. The van der Waals surface area contributed by atoms with Gasteiger partial charge in [0.1, 0.15) is 0 Å². The SMILES string of the molecule is CCCc1c(F)n(CCC(C)C)c(=O)n1Cc1ccc(-c2ccccc2C(=O)O)cc1. The number of halogens is 1. The number of nitrogens with zero attached hydrogens (tertiary/aromatic N) is 2. The van der Waals surface area contributed by atoms with Crippen molar-refractivity contribution in [3.05, 3.63) is 81.8 Å². The molecule has 164 valence electrons. The Morgan fingerprint density at radius 2 is 1.74 bits per heavy atom. The molecule has 0 aliphatic carbocycles. The summed E-state index contributed by atoms with van der Waals surface area (Å²) in [5, 5.41) is 9.42. The number of rotatable bonds is 9. The Morgan fingerprint density at radius 1 is 1.06 bits per heavy atom. The van der Waals surface area contributed by atoms with Gasteiger partial charge in [-0.1, -0.05) is 69.7 Å². The third-order valence-electron chi connectivity index (χ3n) is 5.44. The fourth-order valence-electron chi connectivity index (χ4n) is 3.72. The number of benzene rings is 2. The Bertz CT molecular complexity index is 1110. The molecule has 0 bridgehead atoms. The van der Waals surface area contributed by atoms with Gasteiger partial charge in [0.2, 0.25) is 5.95 Å². The van der Waals surface area contributed by atoms with E-state index in [2.05, 4.69) is 13.8 Å². The molecule has 0 fully saturated rings. The van der Waals surface area contributed by atoms with Crippen LogP contribution in [0, 0.1) is 11.9 Å². The Labute approximate surface area is 181 Å². The van der Waals surface area contributed by atoms with Crippen LogP contribution in [0.3, 0.4) is 0 Å². The molecule has 0 spiro atoms. The summed E-state index contributed by atoms with van der Waals surface area (Å²) in [7, 11) is 0. The molecule has 0 atom stereocenters. The van der Waals surface area contributed by atoms with Gasteiger partial charge in [0.25, 0.3) is 0 Å². The molecule has 5 nitrogen and oxygen atoms in total. The van der Waals surface area contributed by atoms with Gasteiger partial charge in [-0.3, -0.25) is 9.13 Å². The highest BCUT2D eigenvalue weighted by Crippen LogP contribution is 2.24. The van der Waals surface area contributed by atoms with E-state index in [0.29, 0.717) is 30.1 Å². The number of carboxylic acid groups (broad SMARTS) is 1. The number of hydrogen-bond donors (Lipinski definition) is 1. The van der Waals surface area contributed by atoms with Gasteiger partial charge in [0.15, 0.2) is 0 Å². The highest BCUT2D eigenvalue weighted by Gasteiger charge is 2.20. The van der Waals surface area contributed by atoms with Crippen LogP contribution in [0.1, 0.15) is 55.2 Å². The summed E-state index contributed by atoms with van der Waals surface area (Å²) in [6.45, 7) is 6.72. The first-order valence-corrected chi connectivity index (χ1v) is 10.7. The van der Waals surface area contributed by atoms with Crippen molar-refractivity contribution in [1.82, 2.24) is 9.13 Å². The average molecular weight is 425 g/mol. The van der Waals surface area contributed by atoms with E-state index in [1.807, 2.05) is 31.2 Å². The van der Waals surface area contributed by atoms with Gasteiger partial charge >= 0.3 is 11.7 Å². The average Bonchev–Trinajstić information content (AvgIpc) is 2.97. The van der Waals surface area contributed by atoms with Crippen molar-refractivity contribution in [2.75, 3.05) is 0 Å². The van der Waals surface area contributed by atoms with Gasteiger partial charge < -0.3 is 5.11 Å². The Kier molecular flexibility index (Phi) is 7.10. The molecule has 6 heteroatoms. The van der Waals surface area contributed by atoms with Crippen LogP contribution in [0.4, 0.5) is 4.39 Å². The molecule has 31 heavy (non-hydrogen) atoms. The maximum atomic E-state index is 15.0. The highest BCUT2D eigenvalue weighted by molar-refractivity contribution is 5.95. The molecule has 1 N–H and O–H groups in total. The minimum absolute atomic E-state index is 0.237. The standard InChI is InChI=1S/C25H29FN2O3/c1-4-7-22-23(26)27(15-14-17(2)3)25(31)28(22)16-18-10-12-19(13-11-18)20-8-5-6-9-21(20)24(29)30/h5-6,8-13,17H,4,7,14-16H2,1-3H3,(H,29,30). The number of carboxylic acids is 1. The summed E-state index contributed by atoms with van der Waals surface area (Å²) in [4.78, 5) is 24.4. The maximum absolute atomic E-state index is 15.0. The lowest BCUT2D eigenvalue weighted by atomic mass is 9.99. The van der Waals surface area contributed by atoms with Crippen LogP contribution in [-0.4, -0.2) is 20.2 Å².